The minimum atomic E-state index is -1.63. The van der Waals surface area contributed by atoms with E-state index in [0.29, 0.717) is 31.1 Å². The maximum atomic E-state index is 13.3. The van der Waals surface area contributed by atoms with Gasteiger partial charge in [0.1, 0.15) is 11.6 Å². The van der Waals surface area contributed by atoms with Crippen LogP contribution >= 0.6 is 0 Å². The predicted molar refractivity (Wildman–Crippen MR) is 139 cm³/mol. The van der Waals surface area contributed by atoms with Gasteiger partial charge in [-0.25, -0.2) is 4.79 Å². The molecule has 40 heavy (non-hydrogen) atoms. The van der Waals surface area contributed by atoms with Crippen LogP contribution in [0.2, 0.25) is 0 Å². The standard InChI is InChI=1S/C29H39NO10/c1-27-10-7-17(31)13-16(27)3-4-18-19(27)8-11-28(2)20(18)9-12-29(28,39)22(32)15-40-25(36)6-5-23(33)30-21(26(37)38)14-24(34)35/h13,18-21,39H,3-12,14-15H2,1-2H3,(H,30,33)(H,34,35)(H,37,38)/t18-,19+,20+,21-,27-,28-,29-/m0/s1. The van der Waals surface area contributed by atoms with Gasteiger partial charge in [-0.2, -0.15) is 0 Å². The number of nitrogens with one attached hydrogen (secondary N) is 1. The molecule has 0 aromatic carbocycles. The Labute approximate surface area is 232 Å². The maximum Gasteiger partial charge on any atom is 0.326 e. The van der Waals surface area contributed by atoms with Crippen LogP contribution < -0.4 is 5.32 Å². The first kappa shape index (κ1) is 29.9. The fourth-order valence-electron chi connectivity index (χ4n) is 8.23. The molecule has 11 heteroatoms. The molecule has 0 unspecified atom stereocenters. The smallest absolute Gasteiger partial charge is 0.326 e. The van der Waals surface area contributed by atoms with Crippen molar-refractivity contribution in [3.8, 4) is 0 Å². The van der Waals surface area contributed by atoms with Gasteiger partial charge >= 0.3 is 17.9 Å². The monoisotopic (exact) mass is 561 g/mol. The molecule has 4 aliphatic rings. The highest BCUT2D eigenvalue weighted by molar-refractivity contribution is 5.92. The van der Waals surface area contributed by atoms with E-state index in [-0.39, 0.29) is 23.5 Å². The van der Waals surface area contributed by atoms with E-state index in [1.165, 1.54) is 5.57 Å². The van der Waals surface area contributed by atoms with Gasteiger partial charge in [-0.1, -0.05) is 19.4 Å². The number of aliphatic carboxylic acids is 2. The Bertz CT molecular complexity index is 1150. The first-order chi connectivity index (χ1) is 18.7. The summed E-state index contributed by atoms with van der Waals surface area (Å²) in [6.45, 7) is 3.61. The molecule has 3 fully saturated rings. The summed E-state index contributed by atoms with van der Waals surface area (Å²) in [4.78, 5) is 71.4. The number of ether oxygens (including phenoxy) is 1. The van der Waals surface area contributed by atoms with E-state index in [9.17, 15) is 33.9 Å². The van der Waals surface area contributed by atoms with E-state index in [1.807, 2.05) is 18.3 Å². The van der Waals surface area contributed by atoms with Crippen molar-refractivity contribution in [3.63, 3.8) is 0 Å². The first-order valence-corrected chi connectivity index (χ1v) is 14.1. The van der Waals surface area contributed by atoms with Crippen molar-refractivity contribution in [2.45, 2.75) is 96.1 Å². The number of carbonyl (C=O) groups is 6. The number of esters is 1. The Morgan fingerprint density at radius 3 is 2.38 bits per heavy atom. The minimum Gasteiger partial charge on any atom is -0.481 e. The molecule has 220 valence electrons. The highest BCUT2D eigenvalue weighted by Crippen LogP contribution is 2.67. The summed E-state index contributed by atoms with van der Waals surface area (Å²) in [5, 5.41) is 31.5. The molecule has 0 heterocycles. The van der Waals surface area contributed by atoms with Crippen LogP contribution in [-0.2, 0) is 33.5 Å². The highest BCUT2D eigenvalue weighted by Gasteiger charge is 2.66. The number of amides is 1. The molecule has 4 aliphatic carbocycles. The van der Waals surface area contributed by atoms with Gasteiger partial charge in [0.2, 0.25) is 11.7 Å². The van der Waals surface area contributed by atoms with E-state index in [2.05, 4.69) is 6.92 Å². The van der Waals surface area contributed by atoms with E-state index in [0.717, 1.165) is 25.7 Å². The predicted octanol–water partition coefficient (Wildman–Crippen LogP) is 2.19. The third-order valence-electron chi connectivity index (χ3n) is 10.5. The van der Waals surface area contributed by atoms with Crippen molar-refractivity contribution in [2.75, 3.05) is 6.61 Å². The minimum absolute atomic E-state index is 0.0250. The molecule has 0 bridgehead atoms. The average Bonchev–Trinajstić information content (AvgIpc) is 3.17. The number of rotatable bonds is 10. The number of carboxylic acids is 2. The molecule has 7 atom stereocenters. The summed E-state index contributed by atoms with van der Waals surface area (Å²) in [6, 6.07) is -1.63. The summed E-state index contributed by atoms with van der Waals surface area (Å²) >= 11 is 0. The van der Waals surface area contributed by atoms with E-state index in [4.69, 9.17) is 14.9 Å². The van der Waals surface area contributed by atoms with Crippen LogP contribution in [0.3, 0.4) is 0 Å². The van der Waals surface area contributed by atoms with Gasteiger partial charge in [0, 0.05) is 18.3 Å². The quantitative estimate of drug-likeness (QED) is 0.288. The number of carbonyl (C=O) groups excluding carboxylic acids is 4. The summed E-state index contributed by atoms with van der Waals surface area (Å²) in [6.07, 6.45) is 5.85. The molecule has 0 saturated heterocycles. The van der Waals surface area contributed by atoms with Gasteiger partial charge in [-0.15, -0.1) is 0 Å². The number of allylic oxidation sites excluding steroid dienone is 1. The lowest BCUT2D eigenvalue weighted by Crippen LogP contribution is -2.58. The molecular weight excluding hydrogens is 522 g/mol. The number of ketones is 2. The van der Waals surface area contributed by atoms with Gasteiger partial charge in [0.05, 0.1) is 12.8 Å². The Hall–Kier alpha value is -3.08. The van der Waals surface area contributed by atoms with E-state index in [1.54, 1.807) is 0 Å². The number of hydrogen-bond acceptors (Lipinski definition) is 8. The van der Waals surface area contributed by atoms with Crippen LogP contribution in [0.1, 0.15) is 84.5 Å². The summed E-state index contributed by atoms with van der Waals surface area (Å²) in [7, 11) is 0. The maximum absolute atomic E-state index is 13.3. The molecule has 0 aromatic rings. The molecule has 0 radical (unpaired) electrons. The number of carboxylic acid groups (broad SMARTS) is 2. The average molecular weight is 562 g/mol. The topological polar surface area (TPSA) is 184 Å². The largest absolute Gasteiger partial charge is 0.481 e. The van der Waals surface area contributed by atoms with Gasteiger partial charge in [0.25, 0.3) is 0 Å². The first-order valence-electron chi connectivity index (χ1n) is 14.1. The fraction of sp³-hybridized carbons (Fsp3) is 0.724. The Morgan fingerprint density at radius 1 is 1.00 bits per heavy atom. The number of fused-ring (bicyclic) bond motifs is 5. The summed E-state index contributed by atoms with van der Waals surface area (Å²) in [5.74, 6) is -4.08. The van der Waals surface area contributed by atoms with E-state index < -0.39 is 72.5 Å². The lowest BCUT2D eigenvalue weighted by molar-refractivity contribution is -0.170. The lowest BCUT2D eigenvalue weighted by Gasteiger charge is -2.58. The second kappa shape index (κ2) is 11.1. The Balaban J connectivity index is 1.33. The zero-order valence-electron chi connectivity index (χ0n) is 23.1. The van der Waals surface area contributed by atoms with Crippen LogP contribution in [-0.4, -0.2) is 69.0 Å². The van der Waals surface area contributed by atoms with Gasteiger partial charge in [-0.05, 0) is 74.2 Å². The Kier molecular flexibility index (Phi) is 8.27. The fourth-order valence-corrected chi connectivity index (χ4v) is 8.23. The second-order valence-corrected chi connectivity index (χ2v) is 12.5. The van der Waals surface area contributed by atoms with Gasteiger partial charge in [0.15, 0.2) is 12.4 Å². The van der Waals surface area contributed by atoms with Crippen molar-refractivity contribution >= 4 is 35.4 Å². The molecule has 11 nitrogen and oxygen atoms in total. The van der Waals surface area contributed by atoms with Crippen LogP contribution in [0.25, 0.3) is 0 Å². The van der Waals surface area contributed by atoms with Crippen molar-refractivity contribution in [1.29, 1.82) is 0 Å². The summed E-state index contributed by atoms with van der Waals surface area (Å²) in [5.41, 5.74) is -1.07. The molecule has 4 N–H and O–H groups in total. The van der Waals surface area contributed by atoms with Crippen LogP contribution in [0.15, 0.2) is 11.6 Å². The SMILES string of the molecule is C[C@]12CCC(=O)C=C1CC[C@H]1[C@H]2CC[C@@]2(C)[C@@H]1CC[C@]2(O)C(=O)COC(=O)CCC(=O)N[C@@H](CC(=O)O)C(=O)O. The van der Waals surface area contributed by atoms with Gasteiger partial charge < -0.3 is 25.4 Å². The van der Waals surface area contributed by atoms with Crippen molar-refractivity contribution < 1.29 is 48.8 Å². The number of aliphatic hydroxyl groups is 1. The highest BCUT2D eigenvalue weighted by atomic mass is 16.5. The molecule has 3 saturated carbocycles. The van der Waals surface area contributed by atoms with Crippen molar-refractivity contribution in [3.05, 3.63) is 11.6 Å². The number of Topliss-reactive ketones (excluding diaryl/α,β-unsaturated/α-hetero) is 1. The van der Waals surface area contributed by atoms with Crippen LogP contribution in [0.4, 0.5) is 0 Å². The normalized spacial score (nSPS) is 35.3. The lowest BCUT2D eigenvalue weighted by atomic mass is 9.46. The van der Waals surface area contributed by atoms with Gasteiger partial charge in [-0.3, -0.25) is 24.0 Å². The second-order valence-electron chi connectivity index (χ2n) is 12.5. The molecule has 1 amide bonds. The zero-order valence-corrected chi connectivity index (χ0v) is 23.1. The summed E-state index contributed by atoms with van der Waals surface area (Å²) < 4.78 is 5.10. The molecule has 0 aliphatic heterocycles. The third-order valence-corrected chi connectivity index (χ3v) is 10.5. The van der Waals surface area contributed by atoms with Crippen LogP contribution in [0.5, 0.6) is 0 Å². The molecule has 0 aromatic heterocycles. The Morgan fingerprint density at radius 2 is 1.70 bits per heavy atom. The zero-order chi connectivity index (χ0) is 29.5. The molecule has 0 spiro atoms. The molecule has 4 rings (SSSR count). The van der Waals surface area contributed by atoms with E-state index >= 15 is 0 Å². The number of hydrogen-bond donors (Lipinski definition) is 4. The van der Waals surface area contributed by atoms with Crippen molar-refractivity contribution in [2.24, 2.45) is 28.6 Å². The van der Waals surface area contributed by atoms with Crippen molar-refractivity contribution in [1.82, 2.24) is 5.32 Å². The molecular formula is C29H39NO10. The van der Waals surface area contributed by atoms with Crippen LogP contribution in [0, 0.1) is 28.6 Å². The third kappa shape index (κ3) is 5.32.